The van der Waals surface area contributed by atoms with Gasteiger partial charge in [-0.15, -0.1) is 23.2 Å². The third-order valence-electron chi connectivity index (χ3n) is 0.888. The van der Waals surface area contributed by atoms with Crippen LogP contribution in [0.3, 0.4) is 0 Å². The molecule has 0 bridgehead atoms. The molecule has 0 fully saturated rings. The van der Waals surface area contributed by atoms with E-state index in [0.717, 1.165) is 6.42 Å². The first-order valence-electron chi connectivity index (χ1n) is 2.46. The maximum atomic E-state index is 5.67. The van der Waals surface area contributed by atoms with E-state index in [4.69, 9.17) is 23.2 Å². The van der Waals surface area contributed by atoms with E-state index in [-0.39, 0.29) is 10.8 Å². The highest BCUT2D eigenvalue weighted by molar-refractivity contribution is 6.29. The number of halogens is 2. The molecule has 0 amide bonds. The fourth-order valence-corrected chi connectivity index (χ4v) is 0.503. The number of hydrogen-bond donors (Lipinski definition) is 0. The van der Waals surface area contributed by atoms with Gasteiger partial charge in [-0.25, -0.2) is 0 Å². The Morgan fingerprint density at radius 1 is 1.43 bits per heavy atom. The second kappa shape index (κ2) is 3.57. The minimum Gasteiger partial charge on any atom is -0.122 e. The fourth-order valence-electron chi connectivity index (χ4n) is 0.325. The summed E-state index contributed by atoms with van der Waals surface area (Å²) in [5, 5.41) is 0.244. The third-order valence-corrected chi connectivity index (χ3v) is 2.01. The highest BCUT2D eigenvalue weighted by Crippen LogP contribution is 2.11. The molecule has 2 heteroatoms. The molecule has 0 heterocycles. The molecule has 0 spiro atoms. The van der Waals surface area contributed by atoms with Crippen LogP contribution in [0.25, 0.3) is 0 Å². The second-order valence-corrected chi connectivity index (χ2v) is 2.85. The summed E-state index contributed by atoms with van der Waals surface area (Å²) >= 11 is 11.3. The maximum absolute atomic E-state index is 5.67. The van der Waals surface area contributed by atoms with Gasteiger partial charge in [0, 0.05) is 10.8 Å². The van der Waals surface area contributed by atoms with Gasteiger partial charge in [0.1, 0.15) is 0 Å². The number of rotatable bonds is 2. The Morgan fingerprint density at radius 2 is 1.86 bits per heavy atom. The van der Waals surface area contributed by atoms with Gasteiger partial charge in [-0.2, -0.15) is 0 Å². The molecule has 0 saturated carbocycles. The summed E-state index contributed by atoms with van der Waals surface area (Å²) < 4.78 is 0. The normalized spacial score (nSPS) is 18.9. The Labute approximate surface area is 54.8 Å². The first kappa shape index (κ1) is 7.58. The lowest BCUT2D eigenvalue weighted by molar-refractivity contribution is 0.790. The van der Waals surface area contributed by atoms with E-state index in [1.165, 1.54) is 0 Å². The van der Waals surface area contributed by atoms with E-state index in [1.54, 1.807) is 0 Å². The topological polar surface area (TPSA) is 0 Å². The summed E-state index contributed by atoms with van der Waals surface area (Å²) in [5.41, 5.74) is 0. The smallest absolute Gasteiger partial charge is 0.0494 e. The summed E-state index contributed by atoms with van der Waals surface area (Å²) in [6.45, 7) is 3.93. The number of alkyl halides is 2. The molecule has 44 valence electrons. The van der Waals surface area contributed by atoms with Crippen molar-refractivity contribution in [3.05, 3.63) is 0 Å². The maximum Gasteiger partial charge on any atom is 0.0494 e. The molecule has 0 rings (SSSR count). The summed E-state index contributed by atoms with van der Waals surface area (Å²) in [6.07, 6.45) is 0.951. The Morgan fingerprint density at radius 3 is 1.86 bits per heavy atom. The molecule has 0 aliphatic heterocycles. The van der Waals surface area contributed by atoms with Crippen LogP contribution >= 0.6 is 23.2 Å². The van der Waals surface area contributed by atoms with Crippen molar-refractivity contribution in [2.24, 2.45) is 0 Å². The standard InChI is InChI=1S/C5H10Cl2/c1-3-5(7)4(2)6/h4-5H,3H2,1-2H3. The van der Waals surface area contributed by atoms with Crippen molar-refractivity contribution in [1.82, 2.24) is 0 Å². The largest absolute Gasteiger partial charge is 0.122 e. The highest BCUT2D eigenvalue weighted by Gasteiger charge is 2.06. The SMILES string of the molecule is CCC(Cl)C(C)Cl. The van der Waals surface area contributed by atoms with Crippen LogP contribution in [0.15, 0.2) is 0 Å². The molecule has 0 aromatic heterocycles. The molecule has 2 unspecified atom stereocenters. The molecule has 2 atom stereocenters. The molecule has 0 N–H and O–H groups in total. The summed E-state index contributed by atoms with van der Waals surface area (Å²) in [5.74, 6) is 0. The van der Waals surface area contributed by atoms with Crippen molar-refractivity contribution in [1.29, 1.82) is 0 Å². The van der Waals surface area contributed by atoms with E-state index < -0.39 is 0 Å². The molecule has 0 aliphatic rings. The van der Waals surface area contributed by atoms with Gasteiger partial charge in [0.05, 0.1) is 0 Å². The molecule has 0 aromatic rings. The van der Waals surface area contributed by atoms with Gasteiger partial charge in [0.15, 0.2) is 0 Å². The molecule has 7 heavy (non-hydrogen) atoms. The Kier molecular flexibility index (Phi) is 3.86. The fraction of sp³-hybridized carbons (Fsp3) is 1.00. The highest BCUT2D eigenvalue weighted by atomic mass is 35.5. The summed E-state index contributed by atoms with van der Waals surface area (Å²) in [6, 6.07) is 0. The average molecular weight is 141 g/mol. The Bertz CT molecular complexity index is 43.3. The summed E-state index contributed by atoms with van der Waals surface area (Å²) in [7, 11) is 0. The van der Waals surface area contributed by atoms with Crippen molar-refractivity contribution < 1.29 is 0 Å². The van der Waals surface area contributed by atoms with Crippen LogP contribution in [0.1, 0.15) is 20.3 Å². The van der Waals surface area contributed by atoms with Gasteiger partial charge in [-0.3, -0.25) is 0 Å². The van der Waals surface area contributed by atoms with Gasteiger partial charge < -0.3 is 0 Å². The van der Waals surface area contributed by atoms with E-state index in [0.29, 0.717) is 0 Å². The van der Waals surface area contributed by atoms with Crippen LogP contribution in [-0.2, 0) is 0 Å². The molecule has 0 aromatic carbocycles. The van der Waals surface area contributed by atoms with Crippen LogP contribution in [-0.4, -0.2) is 10.8 Å². The lowest BCUT2D eigenvalue weighted by atomic mass is 10.3. The first-order valence-corrected chi connectivity index (χ1v) is 3.34. The minimum absolute atomic E-state index is 0.103. The average Bonchev–Trinajstić information content (AvgIpc) is 1.65. The summed E-state index contributed by atoms with van der Waals surface area (Å²) in [4.78, 5) is 0. The van der Waals surface area contributed by atoms with E-state index >= 15 is 0 Å². The van der Waals surface area contributed by atoms with Crippen molar-refractivity contribution in [2.45, 2.75) is 31.0 Å². The Hall–Kier alpha value is 0.580. The van der Waals surface area contributed by atoms with E-state index in [1.807, 2.05) is 13.8 Å². The van der Waals surface area contributed by atoms with Gasteiger partial charge in [0.25, 0.3) is 0 Å². The van der Waals surface area contributed by atoms with Crippen molar-refractivity contribution in [3.8, 4) is 0 Å². The molecule has 0 nitrogen and oxygen atoms in total. The predicted molar refractivity (Wildman–Crippen MR) is 35.2 cm³/mol. The van der Waals surface area contributed by atoms with Crippen LogP contribution in [0.2, 0.25) is 0 Å². The van der Waals surface area contributed by atoms with E-state index in [9.17, 15) is 0 Å². The van der Waals surface area contributed by atoms with Gasteiger partial charge in [-0.05, 0) is 13.3 Å². The zero-order valence-electron chi connectivity index (χ0n) is 4.62. The molecule has 0 aliphatic carbocycles. The van der Waals surface area contributed by atoms with Crippen LogP contribution in [0.4, 0.5) is 0 Å². The van der Waals surface area contributed by atoms with Crippen molar-refractivity contribution >= 4 is 23.2 Å². The van der Waals surface area contributed by atoms with Gasteiger partial charge >= 0.3 is 0 Å². The third kappa shape index (κ3) is 3.19. The second-order valence-electron chi connectivity index (χ2n) is 1.60. The van der Waals surface area contributed by atoms with E-state index in [2.05, 4.69) is 0 Å². The lowest BCUT2D eigenvalue weighted by Gasteiger charge is -2.05. The first-order chi connectivity index (χ1) is 3.18. The van der Waals surface area contributed by atoms with Crippen LogP contribution in [0, 0.1) is 0 Å². The van der Waals surface area contributed by atoms with Crippen molar-refractivity contribution in [2.75, 3.05) is 0 Å². The van der Waals surface area contributed by atoms with Gasteiger partial charge in [-0.1, -0.05) is 6.92 Å². The zero-order chi connectivity index (χ0) is 5.86. The molecule has 0 saturated heterocycles. The van der Waals surface area contributed by atoms with Crippen LogP contribution < -0.4 is 0 Å². The van der Waals surface area contributed by atoms with Crippen molar-refractivity contribution in [3.63, 3.8) is 0 Å². The molecule has 0 radical (unpaired) electrons. The van der Waals surface area contributed by atoms with Crippen LogP contribution in [0.5, 0.6) is 0 Å². The quantitative estimate of drug-likeness (QED) is 0.518. The predicted octanol–water partition coefficient (Wildman–Crippen LogP) is 2.63. The lowest BCUT2D eigenvalue weighted by Crippen LogP contribution is -2.08. The minimum atomic E-state index is 0.103. The Balaban J connectivity index is 3.14. The van der Waals surface area contributed by atoms with Gasteiger partial charge in [0.2, 0.25) is 0 Å². The zero-order valence-corrected chi connectivity index (χ0v) is 6.13. The molecular weight excluding hydrogens is 131 g/mol. The monoisotopic (exact) mass is 140 g/mol. The molecular formula is C5H10Cl2. The number of hydrogen-bond acceptors (Lipinski definition) is 0.